The predicted molar refractivity (Wildman–Crippen MR) is 179 cm³/mol. The number of carbonyl (C=O) groups excluding carboxylic acids is 2. The van der Waals surface area contributed by atoms with Gasteiger partial charge in [-0.3, -0.25) is 0 Å². The molecule has 0 aromatic heterocycles. The van der Waals surface area contributed by atoms with Gasteiger partial charge in [0.1, 0.15) is 6.10 Å². The maximum atomic E-state index is 12.8. The second-order valence-corrected chi connectivity index (χ2v) is 16.3. The number of hydrogen-bond donors (Lipinski definition) is 0. The van der Waals surface area contributed by atoms with Gasteiger partial charge in [0, 0.05) is 0 Å². The van der Waals surface area contributed by atoms with Crippen molar-refractivity contribution < 1.29 is 23.8 Å². The molecule has 4 saturated carbocycles. The second-order valence-electron chi connectivity index (χ2n) is 16.3. The molecule has 7 rings (SSSR count). The van der Waals surface area contributed by atoms with Gasteiger partial charge in [0.15, 0.2) is 0 Å². The summed E-state index contributed by atoms with van der Waals surface area (Å²) in [6.07, 6.45) is 12.5. The Kier molecular flexibility index (Phi) is 8.84. The van der Waals surface area contributed by atoms with Crippen LogP contribution in [0.5, 0.6) is 0 Å². The first-order valence-corrected chi connectivity index (χ1v) is 18.3. The van der Waals surface area contributed by atoms with Gasteiger partial charge in [-0.1, -0.05) is 64.1 Å². The number of fused-ring (bicyclic) bond motifs is 7. The Labute approximate surface area is 276 Å². The lowest BCUT2D eigenvalue weighted by Crippen LogP contribution is -2.54. The third kappa shape index (κ3) is 5.73. The zero-order valence-corrected chi connectivity index (χ0v) is 28.4. The van der Waals surface area contributed by atoms with Crippen molar-refractivity contribution >= 4 is 11.9 Å². The molecule has 1 aliphatic heterocycles. The molecule has 0 spiro atoms. The summed E-state index contributed by atoms with van der Waals surface area (Å²) in [5.74, 6) is 4.11. The third-order valence-electron chi connectivity index (χ3n) is 13.9. The summed E-state index contributed by atoms with van der Waals surface area (Å²) < 4.78 is 18.6. The van der Waals surface area contributed by atoms with Crippen molar-refractivity contribution in [1.82, 2.24) is 0 Å². The SMILES string of the molecule is CC(CCC1OC2CC3C4CCC5CC(OC(=O)c6ccccc6)CCC5(C)C4CCC3(C)C2C1C)COC(=O)c1ccccc1. The van der Waals surface area contributed by atoms with Gasteiger partial charge in [0.25, 0.3) is 0 Å². The number of ether oxygens (including phenoxy) is 3. The van der Waals surface area contributed by atoms with Crippen LogP contribution in [0.2, 0.25) is 0 Å². The largest absolute Gasteiger partial charge is 0.462 e. The summed E-state index contributed by atoms with van der Waals surface area (Å²) in [5.41, 5.74) is 2.00. The highest BCUT2D eigenvalue weighted by Crippen LogP contribution is 2.70. The topological polar surface area (TPSA) is 61.8 Å². The third-order valence-corrected chi connectivity index (χ3v) is 13.9. The molecular formula is C41H54O5. The highest BCUT2D eigenvalue weighted by Gasteiger charge is 2.65. The van der Waals surface area contributed by atoms with Gasteiger partial charge in [0.05, 0.1) is 29.9 Å². The molecule has 1 saturated heterocycles. The Balaban J connectivity index is 0.932. The van der Waals surface area contributed by atoms with E-state index in [4.69, 9.17) is 14.2 Å². The van der Waals surface area contributed by atoms with Crippen LogP contribution in [0.1, 0.15) is 113 Å². The molecule has 0 bridgehead atoms. The maximum Gasteiger partial charge on any atom is 0.338 e. The van der Waals surface area contributed by atoms with E-state index in [1.165, 1.54) is 38.5 Å². The van der Waals surface area contributed by atoms with Crippen molar-refractivity contribution in [2.24, 2.45) is 52.3 Å². The molecule has 12 unspecified atom stereocenters. The van der Waals surface area contributed by atoms with Crippen LogP contribution in [0.25, 0.3) is 0 Å². The van der Waals surface area contributed by atoms with Crippen LogP contribution in [0.15, 0.2) is 60.7 Å². The number of esters is 2. The molecule has 2 aromatic rings. The van der Waals surface area contributed by atoms with Gasteiger partial charge in [-0.05, 0) is 141 Å². The van der Waals surface area contributed by atoms with Crippen LogP contribution < -0.4 is 0 Å². The lowest BCUT2D eigenvalue weighted by Gasteiger charge is -2.61. The predicted octanol–water partition coefficient (Wildman–Crippen LogP) is 9.16. The normalized spacial score (nSPS) is 40.1. The first-order valence-electron chi connectivity index (χ1n) is 18.3. The van der Waals surface area contributed by atoms with Crippen molar-refractivity contribution in [3.05, 3.63) is 71.8 Å². The van der Waals surface area contributed by atoms with Gasteiger partial charge >= 0.3 is 11.9 Å². The molecule has 5 heteroatoms. The van der Waals surface area contributed by atoms with Crippen LogP contribution in [-0.2, 0) is 14.2 Å². The first kappa shape index (κ1) is 31.9. The fourth-order valence-electron chi connectivity index (χ4n) is 11.5. The quantitative estimate of drug-likeness (QED) is 0.274. The molecule has 248 valence electrons. The Morgan fingerprint density at radius 2 is 1.52 bits per heavy atom. The minimum absolute atomic E-state index is 0.0480. The Hall–Kier alpha value is -2.66. The summed E-state index contributed by atoms with van der Waals surface area (Å²) in [5, 5.41) is 0. The molecule has 46 heavy (non-hydrogen) atoms. The average Bonchev–Trinajstić information content (AvgIpc) is 3.56. The zero-order chi connectivity index (χ0) is 32.1. The molecule has 5 aliphatic rings. The number of rotatable bonds is 8. The fraction of sp³-hybridized carbons (Fsp3) is 0.659. The average molecular weight is 627 g/mol. The lowest BCUT2D eigenvalue weighted by molar-refractivity contribution is -0.131. The summed E-state index contributed by atoms with van der Waals surface area (Å²) in [6, 6.07) is 18.7. The van der Waals surface area contributed by atoms with E-state index in [1.54, 1.807) is 0 Å². The Bertz CT molecular complexity index is 1380. The van der Waals surface area contributed by atoms with Crippen molar-refractivity contribution in [2.75, 3.05) is 6.61 Å². The highest BCUT2D eigenvalue weighted by molar-refractivity contribution is 5.89. The second kappa shape index (κ2) is 12.7. The number of benzene rings is 2. The fourth-order valence-corrected chi connectivity index (χ4v) is 11.5. The maximum absolute atomic E-state index is 12.8. The van der Waals surface area contributed by atoms with E-state index in [9.17, 15) is 9.59 Å². The Morgan fingerprint density at radius 3 is 2.24 bits per heavy atom. The molecule has 1 heterocycles. The molecule has 5 fully saturated rings. The molecule has 2 aromatic carbocycles. The molecule has 0 amide bonds. The van der Waals surface area contributed by atoms with Gasteiger partial charge in [-0.2, -0.15) is 0 Å². The number of hydrogen-bond acceptors (Lipinski definition) is 5. The summed E-state index contributed by atoms with van der Waals surface area (Å²) in [6.45, 7) is 10.3. The van der Waals surface area contributed by atoms with Crippen LogP contribution in [-0.4, -0.2) is 36.9 Å². The minimum atomic E-state index is -0.232. The summed E-state index contributed by atoms with van der Waals surface area (Å²) in [4.78, 5) is 25.2. The molecule has 12 atom stereocenters. The van der Waals surface area contributed by atoms with Crippen LogP contribution in [0.3, 0.4) is 0 Å². The van der Waals surface area contributed by atoms with E-state index in [-0.39, 0.29) is 18.0 Å². The van der Waals surface area contributed by atoms with E-state index in [0.29, 0.717) is 64.4 Å². The zero-order valence-electron chi connectivity index (χ0n) is 28.4. The Morgan fingerprint density at radius 1 is 0.848 bits per heavy atom. The molecular weight excluding hydrogens is 572 g/mol. The first-order chi connectivity index (χ1) is 22.2. The van der Waals surface area contributed by atoms with E-state index < -0.39 is 0 Å². The van der Waals surface area contributed by atoms with E-state index in [2.05, 4.69) is 27.7 Å². The summed E-state index contributed by atoms with van der Waals surface area (Å²) in [7, 11) is 0. The minimum Gasteiger partial charge on any atom is -0.462 e. The van der Waals surface area contributed by atoms with Crippen molar-refractivity contribution in [2.45, 2.75) is 110 Å². The van der Waals surface area contributed by atoms with Gasteiger partial charge in [-0.15, -0.1) is 0 Å². The molecule has 0 N–H and O–H groups in total. The van der Waals surface area contributed by atoms with Crippen LogP contribution in [0.4, 0.5) is 0 Å². The highest BCUT2D eigenvalue weighted by atomic mass is 16.5. The van der Waals surface area contributed by atoms with Crippen LogP contribution >= 0.6 is 0 Å². The van der Waals surface area contributed by atoms with Gasteiger partial charge in [-0.25, -0.2) is 9.59 Å². The standard InChI is InChI=1S/C41H54O5/c1-26(25-44-38(42)28-11-7-5-8-12-28)15-18-35-27(2)37-36(46-35)24-34-32-17-16-30-23-31(45-39(43)29-13-9-6-10-14-29)19-21-40(30,3)33(32)20-22-41(34,37)4/h5-14,26-27,30-37H,15-25H2,1-4H3. The monoisotopic (exact) mass is 626 g/mol. The van der Waals surface area contributed by atoms with E-state index in [1.807, 2.05) is 60.7 Å². The van der Waals surface area contributed by atoms with Gasteiger partial charge < -0.3 is 14.2 Å². The lowest BCUT2D eigenvalue weighted by atomic mass is 9.44. The van der Waals surface area contributed by atoms with Crippen molar-refractivity contribution in [1.29, 1.82) is 0 Å². The van der Waals surface area contributed by atoms with Gasteiger partial charge in [0.2, 0.25) is 0 Å². The van der Waals surface area contributed by atoms with Crippen molar-refractivity contribution in [3.63, 3.8) is 0 Å². The molecule has 5 nitrogen and oxygen atoms in total. The number of carbonyl (C=O) groups is 2. The van der Waals surface area contributed by atoms with Crippen LogP contribution in [0, 0.1) is 52.3 Å². The van der Waals surface area contributed by atoms with E-state index >= 15 is 0 Å². The van der Waals surface area contributed by atoms with Crippen molar-refractivity contribution in [3.8, 4) is 0 Å². The van der Waals surface area contributed by atoms with E-state index in [0.717, 1.165) is 43.4 Å². The smallest absolute Gasteiger partial charge is 0.338 e. The molecule has 4 aliphatic carbocycles. The molecule has 0 radical (unpaired) electrons. The summed E-state index contributed by atoms with van der Waals surface area (Å²) >= 11 is 0.